The summed E-state index contributed by atoms with van der Waals surface area (Å²) in [7, 11) is 0. The van der Waals surface area contributed by atoms with Crippen molar-refractivity contribution >= 4 is 69.3 Å². The summed E-state index contributed by atoms with van der Waals surface area (Å²) in [5.41, 5.74) is 2.66. The van der Waals surface area contributed by atoms with Crippen molar-refractivity contribution in [3.8, 4) is 11.5 Å². The van der Waals surface area contributed by atoms with Crippen LogP contribution < -0.4 is 15.4 Å². The number of phenolic OH excluding ortho intramolecular Hbond substituents is 1. The fraction of sp³-hybridized carbons (Fsp3) is 0.333. The maximum absolute atomic E-state index is 13.1. The Morgan fingerprint density at radius 1 is 0.953 bits per heavy atom. The summed E-state index contributed by atoms with van der Waals surface area (Å²) < 4.78 is 25.7. The number of amides is 2. The van der Waals surface area contributed by atoms with E-state index in [1.165, 1.54) is 40.2 Å². The third-order valence-electron chi connectivity index (χ3n) is 6.78. The molecule has 9 nitrogen and oxygen atoms in total. The molecule has 230 valence electrons. The number of benzene rings is 3. The van der Waals surface area contributed by atoms with Gasteiger partial charge in [-0.2, -0.15) is 4.31 Å². The number of aryl methyl sites for hydroxylation is 2. The summed E-state index contributed by atoms with van der Waals surface area (Å²) >= 11 is 16.4. The molecule has 43 heavy (non-hydrogen) atoms. The smallest absolute Gasteiger partial charge is 0.255 e. The summed E-state index contributed by atoms with van der Waals surface area (Å²) in [4.78, 5) is 25.7. The summed E-state index contributed by atoms with van der Waals surface area (Å²) in [6, 6.07) is 12.2. The average molecular weight is 669 g/mol. The lowest BCUT2D eigenvalue weighted by Crippen LogP contribution is -2.41. The molecule has 0 saturated carbocycles. The van der Waals surface area contributed by atoms with E-state index in [0.29, 0.717) is 37.4 Å². The molecule has 1 saturated heterocycles. The highest BCUT2D eigenvalue weighted by molar-refractivity contribution is 7.77. The number of phenols is 1. The number of nitrogens with zero attached hydrogens (tertiary/aromatic N) is 1. The van der Waals surface area contributed by atoms with Crippen LogP contribution in [-0.2, 0) is 20.2 Å². The standard InChI is InChI=1S/C30H32Cl3N3O6S/c1-18-7-10-28(19(2)14-18)41-12-3-4-13-42-43(40)36-11-5-6-26(36)30(39)34-24-17-27(37)25(16-23(24)33)35-29(38)20-8-9-21(31)22(32)15-20/h7-10,14-17,26,37H,3-6,11-13H2,1-2H3,(H,34,39)(H,35,38). The third-order valence-corrected chi connectivity index (χ3v) is 9.02. The second-order valence-electron chi connectivity index (χ2n) is 10.1. The van der Waals surface area contributed by atoms with Gasteiger partial charge in [-0.3, -0.25) is 13.8 Å². The van der Waals surface area contributed by atoms with Crippen LogP contribution in [0.2, 0.25) is 15.1 Å². The maximum Gasteiger partial charge on any atom is 0.255 e. The van der Waals surface area contributed by atoms with Crippen LogP contribution in [0.1, 0.15) is 47.2 Å². The molecule has 1 heterocycles. The largest absolute Gasteiger partial charge is 0.506 e. The van der Waals surface area contributed by atoms with Gasteiger partial charge in [-0.1, -0.05) is 52.5 Å². The van der Waals surface area contributed by atoms with Crippen molar-refractivity contribution < 1.29 is 27.8 Å². The lowest BCUT2D eigenvalue weighted by atomic mass is 10.1. The second kappa shape index (κ2) is 15.2. The van der Waals surface area contributed by atoms with Crippen LogP contribution in [0.4, 0.5) is 11.4 Å². The number of hydrogen-bond donors (Lipinski definition) is 3. The van der Waals surface area contributed by atoms with Gasteiger partial charge < -0.3 is 20.5 Å². The van der Waals surface area contributed by atoms with Gasteiger partial charge in [-0.15, -0.1) is 0 Å². The predicted octanol–water partition coefficient (Wildman–Crippen LogP) is 7.08. The Kier molecular flexibility index (Phi) is 11.7. The summed E-state index contributed by atoms with van der Waals surface area (Å²) in [6.45, 7) is 5.23. The van der Waals surface area contributed by atoms with E-state index < -0.39 is 29.1 Å². The molecule has 1 aliphatic rings. The van der Waals surface area contributed by atoms with Crippen molar-refractivity contribution in [2.24, 2.45) is 0 Å². The molecule has 2 unspecified atom stereocenters. The number of carbonyl (C=O) groups is 2. The summed E-state index contributed by atoms with van der Waals surface area (Å²) in [6.07, 6.45) is 2.51. The number of aromatic hydroxyl groups is 1. The SMILES string of the molecule is Cc1ccc(OCCCCOS(=O)N2CCCC2C(=O)Nc2cc(O)c(NC(=O)c3ccc(Cl)c(Cl)c3)cc2Cl)c(C)c1. The Morgan fingerprint density at radius 2 is 1.72 bits per heavy atom. The Hall–Kier alpha value is -2.86. The summed E-state index contributed by atoms with van der Waals surface area (Å²) in [5.74, 6) is -0.452. The molecule has 0 radical (unpaired) electrons. The Balaban J connectivity index is 1.26. The first-order chi connectivity index (χ1) is 20.5. The first kappa shape index (κ1) is 33.0. The van der Waals surface area contributed by atoms with Crippen molar-refractivity contribution in [1.82, 2.24) is 4.31 Å². The molecule has 3 N–H and O–H groups in total. The van der Waals surface area contributed by atoms with Gasteiger partial charge in [0.2, 0.25) is 17.2 Å². The Labute approximate surface area is 268 Å². The molecular formula is C30H32Cl3N3O6S. The van der Waals surface area contributed by atoms with Crippen LogP contribution in [0.25, 0.3) is 0 Å². The van der Waals surface area contributed by atoms with Crippen molar-refractivity contribution in [3.05, 3.63) is 80.3 Å². The van der Waals surface area contributed by atoms with E-state index in [2.05, 4.69) is 16.7 Å². The number of ether oxygens (including phenoxy) is 1. The Morgan fingerprint density at radius 3 is 2.47 bits per heavy atom. The number of hydrogen-bond acceptors (Lipinski definition) is 6. The number of carbonyl (C=O) groups excluding carboxylic acids is 2. The highest BCUT2D eigenvalue weighted by atomic mass is 35.5. The molecule has 0 aliphatic carbocycles. The van der Waals surface area contributed by atoms with Gasteiger partial charge in [0.25, 0.3) is 5.91 Å². The predicted molar refractivity (Wildman–Crippen MR) is 171 cm³/mol. The highest BCUT2D eigenvalue weighted by Crippen LogP contribution is 2.35. The van der Waals surface area contributed by atoms with Gasteiger partial charge >= 0.3 is 0 Å². The van der Waals surface area contributed by atoms with Crippen molar-refractivity contribution in [2.45, 2.75) is 45.6 Å². The van der Waals surface area contributed by atoms with Gasteiger partial charge in [-0.05, 0) is 75.4 Å². The molecule has 3 aromatic carbocycles. The topological polar surface area (TPSA) is 117 Å². The van der Waals surface area contributed by atoms with Gasteiger partial charge in [0.05, 0.1) is 39.7 Å². The molecule has 2 atom stereocenters. The zero-order chi connectivity index (χ0) is 31.1. The van der Waals surface area contributed by atoms with E-state index in [1.54, 1.807) is 0 Å². The number of halogens is 3. The maximum atomic E-state index is 13.1. The first-order valence-electron chi connectivity index (χ1n) is 13.6. The van der Waals surface area contributed by atoms with E-state index in [4.69, 9.17) is 43.7 Å². The molecule has 2 amide bonds. The van der Waals surface area contributed by atoms with Crippen LogP contribution in [0.3, 0.4) is 0 Å². The summed E-state index contributed by atoms with van der Waals surface area (Å²) in [5, 5.41) is 16.4. The molecule has 13 heteroatoms. The fourth-order valence-corrected chi connectivity index (χ4v) is 6.12. The molecule has 1 fully saturated rings. The molecule has 1 aliphatic heterocycles. The Bertz CT molecular complexity index is 1520. The van der Waals surface area contributed by atoms with Gasteiger partial charge in [-0.25, -0.2) is 4.21 Å². The number of rotatable bonds is 12. The normalized spacial score (nSPS) is 15.7. The third kappa shape index (κ3) is 8.84. The van der Waals surface area contributed by atoms with Crippen molar-refractivity contribution in [3.63, 3.8) is 0 Å². The molecular weight excluding hydrogens is 637 g/mol. The minimum Gasteiger partial charge on any atom is -0.506 e. The first-order valence-corrected chi connectivity index (χ1v) is 15.8. The van der Waals surface area contributed by atoms with E-state index >= 15 is 0 Å². The van der Waals surface area contributed by atoms with E-state index in [9.17, 15) is 18.9 Å². The highest BCUT2D eigenvalue weighted by Gasteiger charge is 2.35. The van der Waals surface area contributed by atoms with Gasteiger partial charge in [0.15, 0.2) is 0 Å². The minimum absolute atomic E-state index is 0.0375. The fourth-order valence-electron chi connectivity index (χ4n) is 4.53. The molecule has 0 bridgehead atoms. The zero-order valence-electron chi connectivity index (χ0n) is 23.6. The van der Waals surface area contributed by atoms with Gasteiger partial charge in [0.1, 0.15) is 17.5 Å². The molecule has 4 rings (SSSR count). The minimum atomic E-state index is -1.81. The van der Waals surface area contributed by atoms with Crippen LogP contribution in [0.15, 0.2) is 48.5 Å². The van der Waals surface area contributed by atoms with Crippen LogP contribution >= 0.6 is 34.8 Å². The lowest BCUT2D eigenvalue weighted by molar-refractivity contribution is -0.119. The van der Waals surface area contributed by atoms with Crippen LogP contribution in [0, 0.1) is 13.8 Å². The van der Waals surface area contributed by atoms with Crippen LogP contribution in [-0.4, -0.2) is 51.2 Å². The van der Waals surface area contributed by atoms with E-state index in [0.717, 1.165) is 17.7 Å². The van der Waals surface area contributed by atoms with E-state index in [-0.39, 0.29) is 39.3 Å². The van der Waals surface area contributed by atoms with Gasteiger partial charge in [0, 0.05) is 18.2 Å². The van der Waals surface area contributed by atoms with Crippen LogP contribution in [0.5, 0.6) is 11.5 Å². The second-order valence-corrected chi connectivity index (χ2v) is 12.4. The zero-order valence-corrected chi connectivity index (χ0v) is 26.7. The number of unbranched alkanes of at least 4 members (excludes halogenated alkanes) is 1. The molecule has 0 spiro atoms. The lowest BCUT2D eigenvalue weighted by Gasteiger charge is -2.22. The quantitative estimate of drug-likeness (QED) is 0.140. The number of anilines is 2. The monoisotopic (exact) mass is 667 g/mol. The van der Waals surface area contributed by atoms with Crippen molar-refractivity contribution in [1.29, 1.82) is 0 Å². The van der Waals surface area contributed by atoms with E-state index in [1.807, 2.05) is 26.0 Å². The molecule has 0 aromatic heterocycles. The molecule has 3 aromatic rings. The number of nitrogens with one attached hydrogen (secondary N) is 2. The average Bonchev–Trinajstić information content (AvgIpc) is 3.46. The van der Waals surface area contributed by atoms with Crippen molar-refractivity contribution in [2.75, 3.05) is 30.4 Å².